The molecule has 158 valence electrons. The molecule has 3 aliphatic rings. The lowest BCUT2D eigenvalue weighted by atomic mass is 9.93. The van der Waals surface area contributed by atoms with Crippen LogP contribution in [0.15, 0.2) is 24.3 Å². The Morgan fingerprint density at radius 2 is 1.96 bits per heavy atom. The van der Waals surface area contributed by atoms with Crippen LogP contribution in [-0.2, 0) is 4.74 Å². The average molecular weight is 410 g/mol. The molecular formula is C22H36ClN3O2. The van der Waals surface area contributed by atoms with Gasteiger partial charge in [0.1, 0.15) is 5.75 Å². The van der Waals surface area contributed by atoms with Crippen LogP contribution in [-0.4, -0.2) is 63.5 Å². The van der Waals surface area contributed by atoms with Crippen molar-refractivity contribution in [2.75, 3.05) is 46.5 Å². The van der Waals surface area contributed by atoms with Gasteiger partial charge in [-0.2, -0.15) is 0 Å². The van der Waals surface area contributed by atoms with Crippen molar-refractivity contribution in [1.29, 1.82) is 0 Å². The molecule has 6 heteroatoms. The molecule has 2 N–H and O–H groups in total. The zero-order valence-electron chi connectivity index (χ0n) is 17.1. The van der Waals surface area contributed by atoms with E-state index in [1.807, 2.05) is 0 Å². The highest BCUT2D eigenvalue weighted by molar-refractivity contribution is 5.85. The molecule has 0 spiro atoms. The number of benzene rings is 1. The van der Waals surface area contributed by atoms with Crippen molar-refractivity contribution in [3.05, 3.63) is 29.8 Å². The molecule has 5 nitrogen and oxygen atoms in total. The normalized spacial score (nSPS) is 29.4. The van der Waals surface area contributed by atoms with Crippen molar-refractivity contribution in [3.63, 3.8) is 0 Å². The Labute approximate surface area is 175 Å². The lowest BCUT2D eigenvalue weighted by Gasteiger charge is -2.35. The molecular weight excluding hydrogens is 374 g/mol. The highest BCUT2D eigenvalue weighted by Gasteiger charge is 2.35. The number of hydrogen-bond acceptors (Lipinski definition) is 5. The van der Waals surface area contributed by atoms with E-state index in [4.69, 9.17) is 9.47 Å². The molecule has 4 atom stereocenters. The quantitative estimate of drug-likeness (QED) is 0.724. The summed E-state index contributed by atoms with van der Waals surface area (Å²) >= 11 is 0. The van der Waals surface area contributed by atoms with Crippen molar-refractivity contribution in [2.24, 2.45) is 5.92 Å². The van der Waals surface area contributed by atoms with Gasteiger partial charge in [-0.3, -0.25) is 4.90 Å². The van der Waals surface area contributed by atoms with Crippen LogP contribution in [0.5, 0.6) is 5.75 Å². The first-order valence-corrected chi connectivity index (χ1v) is 10.8. The van der Waals surface area contributed by atoms with Crippen LogP contribution < -0.4 is 15.4 Å². The van der Waals surface area contributed by atoms with E-state index >= 15 is 0 Å². The minimum absolute atomic E-state index is 0. The van der Waals surface area contributed by atoms with Gasteiger partial charge in [-0.1, -0.05) is 18.6 Å². The molecule has 1 aliphatic carbocycles. The maximum Gasteiger partial charge on any atom is 0.118 e. The number of ether oxygens (including phenoxy) is 2. The molecule has 4 rings (SSSR count). The van der Waals surface area contributed by atoms with E-state index in [0.717, 1.165) is 32.1 Å². The van der Waals surface area contributed by atoms with Crippen molar-refractivity contribution < 1.29 is 9.47 Å². The summed E-state index contributed by atoms with van der Waals surface area (Å²) in [6.07, 6.45) is 6.58. The smallest absolute Gasteiger partial charge is 0.118 e. The van der Waals surface area contributed by atoms with Gasteiger partial charge >= 0.3 is 0 Å². The SMILES string of the molecule is COc1ccc(C(CNC2CCCC2C2COCCN2)N2CCCC2)cc1.Cl. The second-order valence-corrected chi connectivity index (χ2v) is 8.28. The van der Waals surface area contributed by atoms with Gasteiger partial charge in [-0.05, 0) is 62.4 Å². The van der Waals surface area contributed by atoms with E-state index in [1.54, 1.807) is 7.11 Å². The van der Waals surface area contributed by atoms with E-state index in [9.17, 15) is 0 Å². The molecule has 2 heterocycles. The van der Waals surface area contributed by atoms with Gasteiger partial charge in [0.25, 0.3) is 0 Å². The Balaban J connectivity index is 0.00000225. The maximum absolute atomic E-state index is 5.73. The summed E-state index contributed by atoms with van der Waals surface area (Å²) in [5.74, 6) is 1.63. The van der Waals surface area contributed by atoms with Crippen LogP contribution in [0.25, 0.3) is 0 Å². The summed E-state index contributed by atoms with van der Waals surface area (Å²) in [6.45, 7) is 6.18. The molecule has 0 aromatic heterocycles. The molecule has 3 fully saturated rings. The van der Waals surface area contributed by atoms with Gasteiger partial charge in [0.2, 0.25) is 0 Å². The summed E-state index contributed by atoms with van der Waals surface area (Å²) in [7, 11) is 1.73. The fourth-order valence-electron chi connectivity index (χ4n) is 5.18. The molecule has 2 saturated heterocycles. The fraction of sp³-hybridized carbons (Fsp3) is 0.727. The number of likely N-dealkylation sites (tertiary alicyclic amines) is 1. The second kappa shape index (κ2) is 10.8. The Kier molecular flexibility index (Phi) is 8.42. The summed E-state index contributed by atoms with van der Waals surface area (Å²) in [6, 6.07) is 10.3. The largest absolute Gasteiger partial charge is 0.497 e. The first-order chi connectivity index (χ1) is 13.3. The van der Waals surface area contributed by atoms with E-state index in [1.165, 1.54) is 50.8 Å². The van der Waals surface area contributed by atoms with Gasteiger partial charge in [-0.25, -0.2) is 0 Å². The van der Waals surface area contributed by atoms with Gasteiger partial charge in [0.15, 0.2) is 0 Å². The molecule has 4 unspecified atom stereocenters. The van der Waals surface area contributed by atoms with Gasteiger partial charge in [-0.15, -0.1) is 12.4 Å². The van der Waals surface area contributed by atoms with Gasteiger partial charge in [0, 0.05) is 31.2 Å². The molecule has 28 heavy (non-hydrogen) atoms. The monoisotopic (exact) mass is 409 g/mol. The minimum atomic E-state index is 0. The van der Waals surface area contributed by atoms with Crippen LogP contribution in [0.4, 0.5) is 0 Å². The van der Waals surface area contributed by atoms with Crippen LogP contribution in [0, 0.1) is 5.92 Å². The predicted octanol–water partition coefficient (Wildman–Crippen LogP) is 3.00. The molecule has 1 saturated carbocycles. The van der Waals surface area contributed by atoms with Crippen molar-refractivity contribution in [1.82, 2.24) is 15.5 Å². The van der Waals surface area contributed by atoms with E-state index < -0.39 is 0 Å². The number of halogens is 1. The zero-order valence-corrected chi connectivity index (χ0v) is 17.9. The van der Waals surface area contributed by atoms with Crippen LogP contribution in [0.2, 0.25) is 0 Å². The average Bonchev–Trinajstić information content (AvgIpc) is 3.42. The maximum atomic E-state index is 5.73. The lowest BCUT2D eigenvalue weighted by Crippen LogP contribution is -2.51. The second-order valence-electron chi connectivity index (χ2n) is 8.28. The van der Waals surface area contributed by atoms with E-state index in [0.29, 0.717) is 24.0 Å². The van der Waals surface area contributed by atoms with Crippen molar-refractivity contribution >= 4 is 12.4 Å². The molecule has 0 bridgehead atoms. The Hall–Kier alpha value is -0.850. The van der Waals surface area contributed by atoms with Crippen LogP contribution in [0.3, 0.4) is 0 Å². The first-order valence-electron chi connectivity index (χ1n) is 10.8. The molecule has 0 radical (unpaired) electrons. The molecule has 1 aromatic carbocycles. The Bertz CT molecular complexity index is 574. The van der Waals surface area contributed by atoms with Crippen molar-refractivity contribution in [3.8, 4) is 5.75 Å². The molecule has 0 amide bonds. The van der Waals surface area contributed by atoms with Crippen molar-refractivity contribution in [2.45, 2.75) is 50.2 Å². The van der Waals surface area contributed by atoms with Gasteiger partial charge in [0.05, 0.1) is 20.3 Å². The minimum Gasteiger partial charge on any atom is -0.497 e. The fourth-order valence-corrected chi connectivity index (χ4v) is 5.18. The number of rotatable bonds is 7. The van der Waals surface area contributed by atoms with Crippen LogP contribution >= 0.6 is 12.4 Å². The standard InChI is InChI=1S/C22H35N3O2.ClH/c1-26-18-9-7-17(8-10-18)22(25-12-2-3-13-25)15-24-20-6-4-5-19(20)21-16-27-14-11-23-21;/h7-10,19-24H,2-6,11-16H2,1H3;1H. The lowest BCUT2D eigenvalue weighted by molar-refractivity contribution is 0.0519. The first kappa shape index (κ1) is 21.8. The Morgan fingerprint density at radius 3 is 2.64 bits per heavy atom. The van der Waals surface area contributed by atoms with E-state index in [-0.39, 0.29) is 12.4 Å². The third kappa shape index (κ3) is 5.19. The summed E-state index contributed by atoms with van der Waals surface area (Å²) < 4.78 is 11.1. The summed E-state index contributed by atoms with van der Waals surface area (Å²) in [5, 5.41) is 7.65. The van der Waals surface area contributed by atoms with Crippen LogP contribution in [0.1, 0.15) is 43.7 Å². The topological polar surface area (TPSA) is 45.8 Å². The zero-order chi connectivity index (χ0) is 18.5. The number of nitrogens with zero attached hydrogens (tertiary/aromatic N) is 1. The summed E-state index contributed by atoms with van der Waals surface area (Å²) in [5.41, 5.74) is 1.40. The number of morpholine rings is 1. The highest BCUT2D eigenvalue weighted by Crippen LogP contribution is 2.31. The molecule has 2 aliphatic heterocycles. The third-order valence-electron chi connectivity index (χ3n) is 6.69. The van der Waals surface area contributed by atoms with E-state index in [2.05, 4.69) is 39.8 Å². The predicted molar refractivity (Wildman–Crippen MR) is 116 cm³/mol. The molecule has 1 aromatic rings. The highest BCUT2D eigenvalue weighted by atomic mass is 35.5. The summed E-state index contributed by atoms with van der Waals surface area (Å²) in [4.78, 5) is 2.65. The number of hydrogen-bond donors (Lipinski definition) is 2. The number of nitrogens with one attached hydrogen (secondary N) is 2. The third-order valence-corrected chi connectivity index (χ3v) is 6.69. The van der Waals surface area contributed by atoms with Gasteiger partial charge < -0.3 is 20.1 Å². The number of methoxy groups -OCH3 is 1. The Morgan fingerprint density at radius 1 is 1.18 bits per heavy atom.